The molecule has 0 aliphatic heterocycles. The molecule has 0 aliphatic rings. The van der Waals surface area contributed by atoms with E-state index >= 15 is 0 Å². The molecule has 0 amide bonds. The van der Waals surface area contributed by atoms with E-state index in [1.54, 1.807) is 0 Å². The van der Waals surface area contributed by atoms with Crippen LogP contribution in [0, 0.1) is 6.92 Å². The lowest BCUT2D eigenvalue weighted by Gasteiger charge is -2.11. The minimum Gasteiger partial charge on any atom is -0.313 e. The van der Waals surface area contributed by atoms with Crippen LogP contribution in [0.25, 0.3) is 11.1 Å². The lowest BCUT2D eigenvalue weighted by atomic mass is 10.00. The van der Waals surface area contributed by atoms with E-state index in [0.29, 0.717) is 0 Å². The van der Waals surface area contributed by atoms with E-state index in [4.69, 9.17) is 11.6 Å². The van der Waals surface area contributed by atoms with Crippen molar-refractivity contribution in [3.05, 3.63) is 52.8 Å². The van der Waals surface area contributed by atoms with Gasteiger partial charge in [0, 0.05) is 23.5 Å². The molecule has 0 fully saturated rings. The van der Waals surface area contributed by atoms with Crippen molar-refractivity contribution in [2.24, 2.45) is 0 Å². The number of halogens is 1. The van der Waals surface area contributed by atoms with Gasteiger partial charge in [0.15, 0.2) is 0 Å². The Balaban J connectivity index is 2.33. The van der Waals surface area contributed by atoms with Crippen LogP contribution in [0.3, 0.4) is 0 Å². The molecule has 0 bridgehead atoms. The highest BCUT2D eigenvalue weighted by molar-refractivity contribution is 6.30. The Bertz CT molecular complexity index is 552. The van der Waals surface area contributed by atoms with Crippen LogP contribution >= 0.6 is 11.6 Å². The van der Waals surface area contributed by atoms with Gasteiger partial charge in [0.05, 0.1) is 0 Å². The van der Waals surface area contributed by atoms with Crippen LogP contribution in [0.1, 0.15) is 24.6 Å². The molecule has 1 N–H and O–H groups in total. The highest BCUT2D eigenvalue weighted by atomic mass is 35.5. The molecule has 0 aliphatic carbocycles. The van der Waals surface area contributed by atoms with E-state index in [-0.39, 0.29) is 0 Å². The maximum atomic E-state index is 6.11. The summed E-state index contributed by atoms with van der Waals surface area (Å²) in [6.45, 7) is 6.03. The SMILES string of the molecule is CCCNCc1cc(Cl)ccc1-c1ccnc(C)c1. The van der Waals surface area contributed by atoms with Crippen molar-refractivity contribution in [1.82, 2.24) is 10.3 Å². The van der Waals surface area contributed by atoms with Gasteiger partial charge in [-0.05, 0) is 60.8 Å². The Labute approximate surface area is 119 Å². The van der Waals surface area contributed by atoms with Crippen molar-refractivity contribution in [1.29, 1.82) is 0 Å². The summed E-state index contributed by atoms with van der Waals surface area (Å²) in [5, 5.41) is 4.21. The molecule has 1 aromatic carbocycles. The van der Waals surface area contributed by atoms with E-state index in [1.807, 2.05) is 31.3 Å². The highest BCUT2D eigenvalue weighted by Crippen LogP contribution is 2.26. The molecular formula is C16H19ClN2. The van der Waals surface area contributed by atoms with E-state index in [2.05, 4.69) is 29.4 Å². The number of aryl methyl sites for hydroxylation is 1. The Morgan fingerprint density at radius 2 is 2.05 bits per heavy atom. The molecule has 3 heteroatoms. The fourth-order valence-electron chi connectivity index (χ4n) is 2.10. The Hall–Kier alpha value is -1.38. The Morgan fingerprint density at radius 3 is 2.79 bits per heavy atom. The summed E-state index contributed by atoms with van der Waals surface area (Å²) < 4.78 is 0. The summed E-state index contributed by atoms with van der Waals surface area (Å²) in [7, 11) is 0. The van der Waals surface area contributed by atoms with Gasteiger partial charge < -0.3 is 5.32 Å². The number of nitrogens with zero attached hydrogens (tertiary/aromatic N) is 1. The maximum absolute atomic E-state index is 6.11. The molecule has 0 saturated carbocycles. The van der Waals surface area contributed by atoms with Gasteiger partial charge in [0.2, 0.25) is 0 Å². The van der Waals surface area contributed by atoms with Gasteiger partial charge in [-0.25, -0.2) is 0 Å². The summed E-state index contributed by atoms with van der Waals surface area (Å²) in [6.07, 6.45) is 2.98. The predicted molar refractivity (Wildman–Crippen MR) is 81.4 cm³/mol. The van der Waals surface area contributed by atoms with Gasteiger partial charge in [-0.3, -0.25) is 4.98 Å². The van der Waals surface area contributed by atoms with Crippen LogP contribution in [0.2, 0.25) is 5.02 Å². The number of benzene rings is 1. The summed E-state index contributed by atoms with van der Waals surface area (Å²) in [4.78, 5) is 4.25. The number of pyridine rings is 1. The molecule has 2 aromatic rings. The molecule has 2 nitrogen and oxygen atoms in total. The fraction of sp³-hybridized carbons (Fsp3) is 0.312. The number of rotatable bonds is 5. The van der Waals surface area contributed by atoms with E-state index in [0.717, 1.165) is 30.2 Å². The van der Waals surface area contributed by atoms with Crippen molar-refractivity contribution in [2.45, 2.75) is 26.8 Å². The standard InChI is InChI=1S/C16H19ClN2/c1-3-7-18-11-14-10-15(17)4-5-16(14)13-6-8-19-12(2)9-13/h4-6,8-10,18H,3,7,11H2,1-2H3. The Kier molecular flexibility index (Phi) is 4.94. The Morgan fingerprint density at radius 1 is 1.21 bits per heavy atom. The zero-order valence-corrected chi connectivity index (χ0v) is 12.2. The number of hydrogen-bond acceptors (Lipinski definition) is 2. The zero-order valence-electron chi connectivity index (χ0n) is 11.4. The predicted octanol–water partition coefficient (Wildman–Crippen LogP) is 4.21. The molecule has 0 saturated heterocycles. The van der Waals surface area contributed by atoms with Gasteiger partial charge in [0.1, 0.15) is 0 Å². The zero-order chi connectivity index (χ0) is 13.7. The molecule has 0 atom stereocenters. The van der Waals surface area contributed by atoms with Crippen molar-refractivity contribution in [2.75, 3.05) is 6.54 Å². The van der Waals surface area contributed by atoms with Crippen LogP contribution < -0.4 is 5.32 Å². The molecule has 19 heavy (non-hydrogen) atoms. The first kappa shape index (κ1) is 14.0. The molecule has 0 radical (unpaired) electrons. The summed E-state index contributed by atoms with van der Waals surface area (Å²) in [6, 6.07) is 10.2. The van der Waals surface area contributed by atoms with Crippen LogP contribution in [0.5, 0.6) is 0 Å². The first-order chi connectivity index (χ1) is 9.20. The summed E-state index contributed by atoms with van der Waals surface area (Å²) in [5.74, 6) is 0. The molecular weight excluding hydrogens is 256 g/mol. The normalized spacial score (nSPS) is 10.7. The third-order valence-electron chi connectivity index (χ3n) is 3.02. The molecule has 100 valence electrons. The van der Waals surface area contributed by atoms with Crippen LogP contribution in [0.15, 0.2) is 36.5 Å². The quantitative estimate of drug-likeness (QED) is 0.826. The third-order valence-corrected chi connectivity index (χ3v) is 3.25. The second-order valence-corrected chi connectivity index (χ2v) is 5.10. The topological polar surface area (TPSA) is 24.9 Å². The summed E-state index contributed by atoms with van der Waals surface area (Å²) in [5.41, 5.74) is 4.67. The van der Waals surface area contributed by atoms with Crippen molar-refractivity contribution in [3.63, 3.8) is 0 Å². The second kappa shape index (κ2) is 6.69. The molecule has 1 aromatic heterocycles. The third kappa shape index (κ3) is 3.79. The largest absolute Gasteiger partial charge is 0.313 e. The smallest absolute Gasteiger partial charge is 0.0409 e. The lowest BCUT2D eigenvalue weighted by molar-refractivity contribution is 0.676. The lowest BCUT2D eigenvalue weighted by Crippen LogP contribution is -2.14. The van der Waals surface area contributed by atoms with Gasteiger partial charge in [-0.15, -0.1) is 0 Å². The second-order valence-electron chi connectivity index (χ2n) is 4.66. The minimum atomic E-state index is 0.780. The van der Waals surface area contributed by atoms with Gasteiger partial charge in [0.25, 0.3) is 0 Å². The van der Waals surface area contributed by atoms with Crippen LogP contribution in [-0.4, -0.2) is 11.5 Å². The van der Waals surface area contributed by atoms with Crippen molar-refractivity contribution >= 4 is 11.6 Å². The molecule has 2 rings (SSSR count). The average molecular weight is 275 g/mol. The van der Waals surface area contributed by atoms with Gasteiger partial charge >= 0.3 is 0 Å². The molecule has 0 spiro atoms. The number of hydrogen-bond donors (Lipinski definition) is 1. The monoisotopic (exact) mass is 274 g/mol. The first-order valence-electron chi connectivity index (χ1n) is 6.63. The number of aromatic nitrogens is 1. The minimum absolute atomic E-state index is 0.780. The van der Waals surface area contributed by atoms with E-state index in [9.17, 15) is 0 Å². The van der Waals surface area contributed by atoms with E-state index in [1.165, 1.54) is 16.7 Å². The molecule has 1 heterocycles. The van der Waals surface area contributed by atoms with E-state index < -0.39 is 0 Å². The first-order valence-corrected chi connectivity index (χ1v) is 7.00. The van der Waals surface area contributed by atoms with Crippen molar-refractivity contribution in [3.8, 4) is 11.1 Å². The average Bonchev–Trinajstić information content (AvgIpc) is 2.39. The maximum Gasteiger partial charge on any atom is 0.0409 e. The fourth-order valence-corrected chi connectivity index (χ4v) is 2.30. The van der Waals surface area contributed by atoms with Crippen molar-refractivity contribution < 1.29 is 0 Å². The van der Waals surface area contributed by atoms with Crippen LogP contribution in [-0.2, 0) is 6.54 Å². The highest BCUT2D eigenvalue weighted by Gasteiger charge is 2.06. The summed E-state index contributed by atoms with van der Waals surface area (Å²) >= 11 is 6.11. The number of nitrogens with one attached hydrogen (secondary N) is 1. The van der Waals surface area contributed by atoms with Gasteiger partial charge in [-0.1, -0.05) is 24.6 Å². The van der Waals surface area contributed by atoms with Gasteiger partial charge in [-0.2, -0.15) is 0 Å². The molecule has 0 unspecified atom stereocenters. The van der Waals surface area contributed by atoms with Crippen LogP contribution in [0.4, 0.5) is 0 Å².